The SMILES string of the molecule is CCC(Sc1nc2c(cc1C#N)CCCCC2)C(=O)Nc1ccc(C)c(C)c1. The summed E-state index contributed by atoms with van der Waals surface area (Å²) in [5, 5.41) is 13.0. The Morgan fingerprint density at radius 3 is 2.71 bits per heavy atom. The molecule has 0 aliphatic heterocycles. The molecule has 1 atom stereocenters. The number of hydrogen-bond donors (Lipinski definition) is 1. The van der Waals surface area contributed by atoms with Crippen molar-refractivity contribution in [3.63, 3.8) is 0 Å². The van der Waals surface area contributed by atoms with Gasteiger partial charge in [-0.05, 0) is 80.8 Å². The molecule has 1 heterocycles. The van der Waals surface area contributed by atoms with Crippen molar-refractivity contribution in [3.05, 3.63) is 52.2 Å². The number of thioether (sulfide) groups is 1. The molecule has 28 heavy (non-hydrogen) atoms. The van der Waals surface area contributed by atoms with Gasteiger partial charge in [-0.2, -0.15) is 5.26 Å². The standard InChI is InChI=1S/C23H27N3OS/c1-4-21(22(27)25-19-11-10-15(2)16(3)12-19)28-23-18(14-24)13-17-8-6-5-7-9-20(17)26-23/h10-13,21H,4-9H2,1-3H3,(H,25,27). The Kier molecular flexibility index (Phi) is 6.74. The first-order valence-electron chi connectivity index (χ1n) is 9.99. The van der Waals surface area contributed by atoms with E-state index >= 15 is 0 Å². The zero-order chi connectivity index (χ0) is 20.1. The fourth-order valence-electron chi connectivity index (χ4n) is 3.46. The summed E-state index contributed by atoms with van der Waals surface area (Å²) in [6.45, 7) is 6.09. The zero-order valence-electron chi connectivity index (χ0n) is 16.8. The zero-order valence-corrected chi connectivity index (χ0v) is 17.7. The fraction of sp³-hybridized carbons (Fsp3) is 0.435. The predicted octanol–water partition coefficient (Wildman–Crippen LogP) is 5.35. The number of fused-ring (bicyclic) bond motifs is 1. The number of carbonyl (C=O) groups excluding carboxylic acids is 1. The van der Waals surface area contributed by atoms with Crippen LogP contribution in [0.2, 0.25) is 0 Å². The highest BCUT2D eigenvalue weighted by molar-refractivity contribution is 8.00. The molecule has 1 amide bonds. The van der Waals surface area contributed by atoms with Crippen LogP contribution in [0.5, 0.6) is 0 Å². The smallest absolute Gasteiger partial charge is 0.237 e. The molecule has 4 nitrogen and oxygen atoms in total. The highest BCUT2D eigenvalue weighted by atomic mass is 32.2. The molecule has 1 aromatic heterocycles. The van der Waals surface area contributed by atoms with E-state index in [2.05, 4.69) is 18.3 Å². The second-order valence-corrected chi connectivity index (χ2v) is 8.61. The summed E-state index contributed by atoms with van der Waals surface area (Å²) >= 11 is 1.41. The molecule has 1 aromatic carbocycles. The lowest BCUT2D eigenvalue weighted by Gasteiger charge is -2.17. The van der Waals surface area contributed by atoms with Crippen LogP contribution in [-0.4, -0.2) is 16.1 Å². The minimum absolute atomic E-state index is 0.0450. The van der Waals surface area contributed by atoms with E-state index in [-0.39, 0.29) is 11.2 Å². The number of nitrogens with zero attached hydrogens (tertiary/aromatic N) is 2. The van der Waals surface area contributed by atoms with E-state index in [9.17, 15) is 10.1 Å². The third-order valence-electron chi connectivity index (χ3n) is 5.33. The number of pyridine rings is 1. The minimum Gasteiger partial charge on any atom is -0.325 e. The predicted molar refractivity (Wildman–Crippen MR) is 115 cm³/mol. The molecule has 0 saturated heterocycles. The Morgan fingerprint density at radius 2 is 2.00 bits per heavy atom. The molecule has 1 aliphatic carbocycles. The summed E-state index contributed by atoms with van der Waals surface area (Å²) in [6, 6.07) is 10.2. The lowest BCUT2D eigenvalue weighted by atomic mass is 10.1. The van der Waals surface area contributed by atoms with Crippen molar-refractivity contribution in [1.29, 1.82) is 5.26 Å². The van der Waals surface area contributed by atoms with Gasteiger partial charge in [0.05, 0.1) is 10.8 Å². The number of carbonyl (C=O) groups is 1. The number of nitrogens with one attached hydrogen (secondary N) is 1. The van der Waals surface area contributed by atoms with Crippen LogP contribution < -0.4 is 5.32 Å². The van der Waals surface area contributed by atoms with Gasteiger partial charge in [0.1, 0.15) is 11.1 Å². The van der Waals surface area contributed by atoms with E-state index in [0.29, 0.717) is 17.0 Å². The number of nitriles is 1. The maximum atomic E-state index is 12.8. The molecule has 2 aromatic rings. The van der Waals surface area contributed by atoms with Crippen molar-refractivity contribution < 1.29 is 4.79 Å². The first-order valence-corrected chi connectivity index (χ1v) is 10.9. The first-order chi connectivity index (χ1) is 13.5. The van der Waals surface area contributed by atoms with Crippen LogP contribution >= 0.6 is 11.8 Å². The summed E-state index contributed by atoms with van der Waals surface area (Å²) in [4.78, 5) is 17.7. The van der Waals surface area contributed by atoms with Crippen LogP contribution in [0.4, 0.5) is 5.69 Å². The van der Waals surface area contributed by atoms with Crippen LogP contribution in [0, 0.1) is 25.2 Å². The van der Waals surface area contributed by atoms with Gasteiger partial charge in [-0.3, -0.25) is 4.79 Å². The van der Waals surface area contributed by atoms with Gasteiger partial charge >= 0.3 is 0 Å². The number of rotatable bonds is 5. The quantitative estimate of drug-likeness (QED) is 0.549. The topological polar surface area (TPSA) is 65.8 Å². The van der Waals surface area contributed by atoms with Gasteiger partial charge in [-0.15, -0.1) is 0 Å². The van der Waals surface area contributed by atoms with E-state index in [1.165, 1.54) is 29.3 Å². The summed E-state index contributed by atoms with van der Waals surface area (Å²) in [6.07, 6.45) is 6.12. The molecule has 0 radical (unpaired) electrons. The highest BCUT2D eigenvalue weighted by Gasteiger charge is 2.22. The lowest BCUT2D eigenvalue weighted by molar-refractivity contribution is -0.115. The average molecular weight is 394 g/mol. The van der Waals surface area contributed by atoms with Gasteiger partial charge in [0.25, 0.3) is 0 Å². The van der Waals surface area contributed by atoms with E-state index < -0.39 is 0 Å². The molecule has 146 valence electrons. The van der Waals surface area contributed by atoms with Crippen molar-refractivity contribution in [1.82, 2.24) is 4.98 Å². The minimum atomic E-state index is -0.287. The van der Waals surface area contributed by atoms with E-state index in [4.69, 9.17) is 4.98 Å². The normalized spacial score (nSPS) is 14.5. The van der Waals surface area contributed by atoms with Gasteiger partial charge in [0.2, 0.25) is 5.91 Å². The lowest BCUT2D eigenvalue weighted by Crippen LogP contribution is -2.25. The van der Waals surface area contributed by atoms with Crippen LogP contribution in [0.25, 0.3) is 0 Å². The van der Waals surface area contributed by atoms with Crippen molar-refractivity contribution in [2.75, 3.05) is 5.32 Å². The van der Waals surface area contributed by atoms with Gasteiger partial charge in [0.15, 0.2) is 0 Å². The van der Waals surface area contributed by atoms with Gasteiger partial charge in [0, 0.05) is 11.4 Å². The van der Waals surface area contributed by atoms with Crippen LogP contribution in [0.1, 0.15) is 60.6 Å². The fourth-order valence-corrected chi connectivity index (χ4v) is 4.46. The molecule has 0 saturated carbocycles. The Morgan fingerprint density at radius 1 is 1.21 bits per heavy atom. The number of aryl methyl sites for hydroxylation is 4. The maximum absolute atomic E-state index is 12.8. The molecule has 5 heteroatoms. The van der Waals surface area contributed by atoms with Crippen molar-refractivity contribution >= 4 is 23.4 Å². The monoisotopic (exact) mass is 393 g/mol. The summed E-state index contributed by atoms with van der Waals surface area (Å²) in [5.74, 6) is -0.0450. The van der Waals surface area contributed by atoms with Gasteiger partial charge in [-0.1, -0.05) is 31.2 Å². The van der Waals surface area contributed by atoms with E-state index in [1.807, 2.05) is 38.1 Å². The molecule has 1 N–H and O–H groups in total. The number of aromatic nitrogens is 1. The number of anilines is 1. The molecule has 0 spiro atoms. The number of benzene rings is 1. The van der Waals surface area contributed by atoms with Gasteiger partial charge < -0.3 is 5.32 Å². The van der Waals surface area contributed by atoms with Crippen molar-refractivity contribution in [2.45, 2.75) is 69.6 Å². The third-order valence-corrected chi connectivity index (χ3v) is 6.69. The Labute approximate surface area is 171 Å². The maximum Gasteiger partial charge on any atom is 0.237 e. The molecule has 0 bridgehead atoms. The second-order valence-electron chi connectivity index (χ2n) is 7.42. The third kappa shape index (κ3) is 4.74. The largest absolute Gasteiger partial charge is 0.325 e. The first kappa shape index (κ1) is 20.4. The van der Waals surface area contributed by atoms with Gasteiger partial charge in [-0.25, -0.2) is 4.98 Å². The van der Waals surface area contributed by atoms with Crippen LogP contribution in [0.15, 0.2) is 29.3 Å². The molecule has 0 fully saturated rings. The summed E-state index contributed by atoms with van der Waals surface area (Å²) < 4.78 is 0. The Balaban J connectivity index is 1.80. The molecular formula is C23H27N3OS. The molecule has 3 rings (SSSR count). The molecule has 1 unspecified atom stereocenters. The van der Waals surface area contributed by atoms with E-state index in [0.717, 1.165) is 42.6 Å². The summed E-state index contributed by atoms with van der Waals surface area (Å²) in [5.41, 5.74) is 6.05. The van der Waals surface area contributed by atoms with Crippen LogP contribution in [0.3, 0.4) is 0 Å². The Hall–Kier alpha value is -2.32. The molecular weight excluding hydrogens is 366 g/mol. The van der Waals surface area contributed by atoms with Crippen molar-refractivity contribution in [3.8, 4) is 6.07 Å². The number of amides is 1. The van der Waals surface area contributed by atoms with E-state index in [1.54, 1.807) is 0 Å². The summed E-state index contributed by atoms with van der Waals surface area (Å²) in [7, 11) is 0. The second kappa shape index (κ2) is 9.25. The van der Waals surface area contributed by atoms with Crippen molar-refractivity contribution in [2.24, 2.45) is 0 Å². The highest BCUT2D eigenvalue weighted by Crippen LogP contribution is 2.31. The average Bonchev–Trinajstić information content (AvgIpc) is 2.92. The number of hydrogen-bond acceptors (Lipinski definition) is 4. The molecule has 1 aliphatic rings. The van der Waals surface area contributed by atoms with Crippen LogP contribution in [-0.2, 0) is 17.6 Å². The Bertz CT molecular complexity index is 917.